The van der Waals surface area contributed by atoms with E-state index in [4.69, 9.17) is 0 Å². The summed E-state index contributed by atoms with van der Waals surface area (Å²) < 4.78 is 3.23. The Bertz CT molecular complexity index is 895. The molecule has 0 fully saturated rings. The Labute approximate surface area is 137 Å². The van der Waals surface area contributed by atoms with Crippen molar-refractivity contribution in [1.29, 1.82) is 0 Å². The van der Waals surface area contributed by atoms with Gasteiger partial charge in [0.1, 0.15) is 0 Å². The highest BCUT2D eigenvalue weighted by Gasteiger charge is 2.14. The van der Waals surface area contributed by atoms with Crippen LogP contribution < -0.4 is 0 Å². The number of carbonyl (C=O) groups is 1. The Morgan fingerprint density at radius 2 is 1.25 bits per heavy atom. The molecule has 0 aliphatic rings. The van der Waals surface area contributed by atoms with Crippen molar-refractivity contribution >= 4 is 5.78 Å². The Balaban J connectivity index is 1.61. The van der Waals surface area contributed by atoms with Crippen LogP contribution in [0.25, 0.3) is 11.4 Å². The van der Waals surface area contributed by atoms with Gasteiger partial charge in [-0.1, -0.05) is 0 Å². The highest BCUT2D eigenvalue weighted by atomic mass is 16.1. The van der Waals surface area contributed by atoms with Gasteiger partial charge in [-0.05, 0) is 24.3 Å². The number of aromatic nitrogens is 6. The van der Waals surface area contributed by atoms with Crippen LogP contribution in [0.2, 0.25) is 0 Å². The van der Waals surface area contributed by atoms with Crippen molar-refractivity contribution < 1.29 is 4.79 Å². The van der Waals surface area contributed by atoms with Gasteiger partial charge in [-0.15, -0.1) is 0 Å². The Morgan fingerprint density at radius 1 is 0.750 bits per heavy atom. The van der Waals surface area contributed by atoms with E-state index in [1.54, 1.807) is 46.5 Å². The molecule has 0 saturated carbocycles. The highest BCUT2D eigenvalue weighted by molar-refractivity contribution is 6.08. The molecule has 7 nitrogen and oxygen atoms in total. The first-order chi connectivity index (χ1) is 11.8. The molecule has 116 valence electrons. The van der Waals surface area contributed by atoms with Crippen LogP contribution in [0.5, 0.6) is 0 Å². The van der Waals surface area contributed by atoms with E-state index < -0.39 is 0 Å². The Morgan fingerprint density at radius 3 is 1.67 bits per heavy atom. The minimum Gasteiger partial charge on any atom is -0.288 e. The summed E-state index contributed by atoms with van der Waals surface area (Å²) in [5.74, 6) is -0.139. The molecule has 0 saturated heterocycles. The summed E-state index contributed by atoms with van der Waals surface area (Å²) in [4.78, 5) is 20.7. The topological polar surface area (TPSA) is 78.5 Å². The molecule has 0 aliphatic carbocycles. The van der Waals surface area contributed by atoms with Crippen LogP contribution in [0.3, 0.4) is 0 Å². The van der Waals surface area contributed by atoms with Gasteiger partial charge >= 0.3 is 0 Å². The van der Waals surface area contributed by atoms with Crippen molar-refractivity contribution in [3.63, 3.8) is 0 Å². The van der Waals surface area contributed by atoms with Gasteiger partial charge in [0, 0.05) is 24.8 Å². The lowest BCUT2D eigenvalue weighted by molar-refractivity contribution is 0.103. The fourth-order valence-electron chi connectivity index (χ4n) is 2.31. The van der Waals surface area contributed by atoms with Gasteiger partial charge in [0.15, 0.2) is 5.78 Å². The number of pyridine rings is 2. The van der Waals surface area contributed by atoms with Crippen molar-refractivity contribution in [2.75, 3.05) is 0 Å². The van der Waals surface area contributed by atoms with Crippen molar-refractivity contribution in [3.8, 4) is 11.4 Å². The summed E-state index contributed by atoms with van der Waals surface area (Å²) in [6.07, 6.45) is 13.2. The molecule has 4 heterocycles. The summed E-state index contributed by atoms with van der Waals surface area (Å²) in [6, 6.07) is 7.37. The van der Waals surface area contributed by atoms with Gasteiger partial charge in [0.2, 0.25) is 0 Å². The maximum atomic E-state index is 12.6. The maximum absolute atomic E-state index is 12.6. The summed E-state index contributed by atoms with van der Waals surface area (Å²) in [5.41, 5.74) is 2.57. The molecule has 7 heteroatoms. The first-order valence-corrected chi connectivity index (χ1v) is 7.26. The molecule has 0 unspecified atom stereocenters. The number of nitrogens with zero attached hydrogens (tertiary/aromatic N) is 6. The van der Waals surface area contributed by atoms with Gasteiger partial charge in [-0.3, -0.25) is 14.8 Å². The molecular formula is C17H12N6O. The van der Waals surface area contributed by atoms with Crippen molar-refractivity contribution in [2.24, 2.45) is 0 Å². The zero-order valence-electron chi connectivity index (χ0n) is 12.5. The van der Waals surface area contributed by atoms with E-state index >= 15 is 0 Å². The second kappa shape index (κ2) is 5.88. The first-order valence-electron chi connectivity index (χ1n) is 7.26. The molecule has 0 radical (unpaired) electrons. The lowest BCUT2D eigenvalue weighted by atomic mass is 10.1. The van der Waals surface area contributed by atoms with E-state index in [-0.39, 0.29) is 5.78 Å². The molecule has 0 N–H and O–H groups in total. The lowest BCUT2D eigenvalue weighted by Gasteiger charge is -1.98. The predicted octanol–water partition coefficient (Wildman–Crippen LogP) is 2.08. The van der Waals surface area contributed by atoms with Crippen LogP contribution in [-0.4, -0.2) is 35.3 Å². The minimum atomic E-state index is -0.139. The van der Waals surface area contributed by atoms with E-state index in [0.717, 1.165) is 11.4 Å². The van der Waals surface area contributed by atoms with Crippen LogP contribution in [0.4, 0.5) is 0 Å². The van der Waals surface area contributed by atoms with Gasteiger partial charge < -0.3 is 0 Å². The Kier molecular flexibility index (Phi) is 3.43. The lowest BCUT2D eigenvalue weighted by Crippen LogP contribution is -1.99. The Hall–Kier alpha value is -3.61. The van der Waals surface area contributed by atoms with E-state index in [0.29, 0.717) is 11.1 Å². The molecule has 4 aromatic heterocycles. The van der Waals surface area contributed by atoms with Crippen molar-refractivity contribution in [3.05, 3.63) is 85.0 Å². The first kappa shape index (κ1) is 14.0. The summed E-state index contributed by atoms with van der Waals surface area (Å²) in [7, 11) is 0. The third-order valence-corrected chi connectivity index (χ3v) is 3.51. The van der Waals surface area contributed by atoms with E-state index in [1.165, 1.54) is 12.4 Å². The predicted molar refractivity (Wildman–Crippen MR) is 86.2 cm³/mol. The minimum absolute atomic E-state index is 0.139. The van der Waals surface area contributed by atoms with Gasteiger partial charge in [-0.25, -0.2) is 9.36 Å². The van der Waals surface area contributed by atoms with Crippen molar-refractivity contribution in [2.45, 2.75) is 0 Å². The molecule has 0 spiro atoms. The van der Waals surface area contributed by atoms with Gasteiger partial charge in [0.05, 0.1) is 47.3 Å². The zero-order chi connectivity index (χ0) is 16.4. The molecule has 0 bridgehead atoms. The standard InChI is InChI=1S/C17H12N6O/c24-17(13-7-20-22(11-13)15-3-1-5-18-9-15)14-8-21-23(12-14)16-4-2-6-19-10-16/h1-12H. The maximum Gasteiger partial charge on any atom is 0.199 e. The fourth-order valence-corrected chi connectivity index (χ4v) is 2.31. The van der Waals surface area contributed by atoms with Gasteiger partial charge in [-0.2, -0.15) is 10.2 Å². The average Bonchev–Trinajstić information content (AvgIpc) is 3.33. The third kappa shape index (κ3) is 2.58. The van der Waals surface area contributed by atoms with Crippen LogP contribution in [0.1, 0.15) is 15.9 Å². The molecule has 4 aromatic rings. The van der Waals surface area contributed by atoms with E-state index in [2.05, 4.69) is 20.2 Å². The summed E-state index contributed by atoms with van der Waals surface area (Å²) >= 11 is 0. The average molecular weight is 316 g/mol. The molecule has 4 rings (SSSR count). The van der Waals surface area contributed by atoms with E-state index in [9.17, 15) is 4.79 Å². The largest absolute Gasteiger partial charge is 0.288 e. The second-order valence-corrected chi connectivity index (χ2v) is 5.10. The van der Waals surface area contributed by atoms with Crippen LogP contribution in [-0.2, 0) is 0 Å². The fraction of sp³-hybridized carbons (Fsp3) is 0. The van der Waals surface area contributed by atoms with Crippen LogP contribution in [0, 0.1) is 0 Å². The van der Waals surface area contributed by atoms with Crippen LogP contribution in [0.15, 0.2) is 73.8 Å². The number of hydrogen-bond donors (Lipinski definition) is 0. The molecule has 0 aromatic carbocycles. The SMILES string of the molecule is O=C(c1cnn(-c2cccnc2)c1)c1cnn(-c2cccnc2)c1. The molecule has 0 amide bonds. The summed E-state index contributed by atoms with van der Waals surface area (Å²) in [6.45, 7) is 0. The molecule has 0 atom stereocenters. The van der Waals surface area contributed by atoms with Crippen LogP contribution >= 0.6 is 0 Å². The molecular weight excluding hydrogens is 304 g/mol. The smallest absolute Gasteiger partial charge is 0.199 e. The number of carbonyl (C=O) groups excluding carboxylic acids is 1. The third-order valence-electron chi connectivity index (χ3n) is 3.51. The number of rotatable bonds is 4. The van der Waals surface area contributed by atoms with Crippen molar-refractivity contribution in [1.82, 2.24) is 29.5 Å². The normalized spacial score (nSPS) is 10.7. The quantitative estimate of drug-likeness (QED) is 0.539. The highest BCUT2D eigenvalue weighted by Crippen LogP contribution is 2.13. The number of hydrogen-bond acceptors (Lipinski definition) is 5. The molecule has 24 heavy (non-hydrogen) atoms. The molecule has 0 aliphatic heterocycles. The van der Waals surface area contributed by atoms with E-state index in [1.807, 2.05) is 24.3 Å². The summed E-state index contributed by atoms with van der Waals surface area (Å²) in [5, 5.41) is 8.43. The van der Waals surface area contributed by atoms with Gasteiger partial charge in [0.25, 0.3) is 0 Å². The second-order valence-electron chi connectivity index (χ2n) is 5.10. The monoisotopic (exact) mass is 316 g/mol. The zero-order valence-corrected chi connectivity index (χ0v) is 12.5. The number of ketones is 1.